The highest BCUT2D eigenvalue weighted by Crippen LogP contribution is 2.37. The second-order valence-electron chi connectivity index (χ2n) is 7.42. The molecule has 0 radical (unpaired) electrons. The van der Waals surface area contributed by atoms with Gasteiger partial charge in [-0.2, -0.15) is 0 Å². The van der Waals surface area contributed by atoms with Crippen LogP contribution in [0.15, 0.2) is 59.5 Å². The van der Waals surface area contributed by atoms with Crippen molar-refractivity contribution in [1.82, 2.24) is 4.90 Å². The fourth-order valence-electron chi connectivity index (χ4n) is 3.31. The van der Waals surface area contributed by atoms with E-state index in [-0.39, 0.29) is 18.1 Å². The van der Waals surface area contributed by atoms with Crippen molar-refractivity contribution in [3.63, 3.8) is 0 Å². The monoisotopic (exact) mass is 567 g/mol. The molecule has 35 heavy (non-hydrogen) atoms. The lowest BCUT2D eigenvalue weighted by Gasteiger charge is -2.14. The number of amides is 2. The van der Waals surface area contributed by atoms with Crippen molar-refractivity contribution in [2.24, 2.45) is 0 Å². The van der Waals surface area contributed by atoms with Crippen LogP contribution >= 0.6 is 58.2 Å². The number of carbonyl (C=O) groups is 2. The molecule has 1 fully saturated rings. The molecule has 4 rings (SSSR count). The highest BCUT2D eigenvalue weighted by atomic mass is 35.5. The molecule has 3 aromatic carbocycles. The molecule has 0 atom stereocenters. The van der Waals surface area contributed by atoms with Gasteiger partial charge in [0.15, 0.2) is 11.5 Å². The Balaban J connectivity index is 1.50. The summed E-state index contributed by atoms with van der Waals surface area (Å²) < 4.78 is 11.3. The molecule has 0 aromatic heterocycles. The van der Waals surface area contributed by atoms with E-state index in [9.17, 15) is 9.59 Å². The van der Waals surface area contributed by atoms with Crippen molar-refractivity contribution in [2.45, 2.75) is 13.2 Å². The third kappa shape index (κ3) is 5.90. The van der Waals surface area contributed by atoms with Gasteiger partial charge in [0, 0.05) is 15.6 Å². The summed E-state index contributed by atoms with van der Waals surface area (Å²) in [5.41, 5.74) is 2.03. The Morgan fingerprint density at radius 3 is 2.31 bits per heavy atom. The Hall–Kier alpha value is -2.35. The number of rotatable bonds is 7. The number of thioether (sulfide) groups is 1. The minimum atomic E-state index is -0.421. The molecule has 5 nitrogen and oxygen atoms in total. The van der Waals surface area contributed by atoms with E-state index in [1.165, 1.54) is 7.11 Å². The summed E-state index contributed by atoms with van der Waals surface area (Å²) in [6.07, 6.45) is 1.63. The van der Waals surface area contributed by atoms with E-state index < -0.39 is 11.1 Å². The Bertz CT molecular complexity index is 1320. The average molecular weight is 569 g/mol. The van der Waals surface area contributed by atoms with Crippen LogP contribution in [0.3, 0.4) is 0 Å². The van der Waals surface area contributed by atoms with Crippen LogP contribution in [0.2, 0.25) is 20.1 Å². The maximum atomic E-state index is 12.9. The summed E-state index contributed by atoms with van der Waals surface area (Å²) >= 11 is 25.3. The van der Waals surface area contributed by atoms with Crippen LogP contribution in [-0.4, -0.2) is 23.2 Å². The van der Waals surface area contributed by atoms with E-state index in [1.54, 1.807) is 54.6 Å². The van der Waals surface area contributed by atoms with Crippen LogP contribution in [0.1, 0.15) is 16.7 Å². The number of methoxy groups -OCH3 is 1. The van der Waals surface area contributed by atoms with Gasteiger partial charge in [-0.05, 0) is 65.4 Å². The van der Waals surface area contributed by atoms with Gasteiger partial charge < -0.3 is 9.47 Å². The zero-order chi connectivity index (χ0) is 25.1. The lowest BCUT2D eigenvalue weighted by molar-refractivity contribution is -0.123. The normalized spacial score (nSPS) is 14.7. The first kappa shape index (κ1) is 25.7. The fraction of sp³-hybridized carbons (Fsp3) is 0.120. The lowest BCUT2D eigenvalue weighted by Crippen LogP contribution is -2.27. The minimum absolute atomic E-state index is 0.00860. The number of ether oxygens (including phenoxy) is 2. The van der Waals surface area contributed by atoms with Gasteiger partial charge in [-0.15, -0.1) is 0 Å². The number of halogens is 4. The van der Waals surface area contributed by atoms with Crippen molar-refractivity contribution in [3.05, 3.63) is 96.3 Å². The van der Waals surface area contributed by atoms with Gasteiger partial charge in [0.2, 0.25) is 0 Å². The topological polar surface area (TPSA) is 55.8 Å². The first-order valence-electron chi connectivity index (χ1n) is 10.2. The Kier molecular flexibility index (Phi) is 8.19. The number of benzene rings is 3. The molecule has 180 valence electrons. The number of hydrogen-bond acceptors (Lipinski definition) is 5. The molecule has 1 aliphatic rings. The molecule has 3 aromatic rings. The smallest absolute Gasteiger partial charge is 0.293 e. The Morgan fingerprint density at radius 2 is 1.63 bits per heavy atom. The molecule has 0 saturated carbocycles. The number of nitrogens with zero attached hydrogens (tertiary/aromatic N) is 1. The van der Waals surface area contributed by atoms with Crippen molar-refractivity contribution in [2.75, 3.05) is 7.11 Å². The van der Waals surface area contributed by atoms with Gasteiger partial charge >= 0.3 is 0 Å². The van der Waals surface area contributed by atoms with Gasteiger partial charge in [0.25, 0.3) is 11.1 Å². The number of hydrogen-bond donors (Lipinski definition) is 0. The van der Waals surface area contributed by atoms with Crippen LogP contribution in [0.5, 0.6) is 11.5 Å². The maximum Gasteiger partial charge on any atom is 0.293 e. The summed E-state index contributed by atoms with van der Waals surface area (Å²) in [6.45, 7) is 0.251. The lowest BCUT2D eigenvalue weighted by atomic mass is 10.1. The maximum absolute atomic E-state index is 12.9. The molecule has 0 spiro atoms. The molecule has 0 unspecified atom stereocenters. The first-order chi connectivity index (χ1) is 16.8. The molecular weight excluding hydrogens is 552 g/mol. The first-order valence-corrected chi connectivity index (χ1v) is 12.5. The second kappa shape index (κ2) is 11.1. The molecule has 10 heteroatoms. The highest BCUT2D eigenvalue weighted by molar-refractivity contribution is 8.18. The summed E-state index contributed by atoms with van der Waals surface area (Å²) in [5, 5.41) is 1.30. The van der Waals surface area contributed by atoms with Gasteiger partial charge in [-0.1, -0.05) is 64.6 Å². The summed E-state index contributed by atoms with van der Waals surface area (Å²) in [6, 6.07) is 15.5. The van der Waals surface area contributed by atoms with Crippen LogP contribution in [0, 0.1) is 0 Å². The van der Waals surface area contributed by atoms with Crippen LogP contribution in [-0.2, 0) is 17.9 Å². The standard InChI is InChI=1S/C25H17Cl4NO4S/c1-33-22-10-14(6-8-21(22)34-13-15-5-7-19(28)20(29)9-15)11-23-24(31)30(25(32)35-23)12-16-17(26)3-2-4-18(16)27/h2-11H,12-13H2,1H3/b23-11-. The zero-order valence-electron chi connectivity index (χ0n) is 18.2. The zero-order valence-corrected chi connectivity index (χ0v) is 22.0. The van der Waals surface area contributed by atoms with Crippen molar-refractivity contribution < 1.29 is 19.1 Å². The van der Waals surface area contributed by atoms with E-state index in [0.29, 0.717) is 42.7 Å². The summed E-state index contributed by atoms with van der Waals surface area (Å²) in [7, 11) is 1.52. The van der Waals surface area contributed by atoms with E-state index in [2.05, 4.69) is 0 Å². The second-order valence-corrected chi connectivity index (χ2v) is 10.0. The Morgan fingerprint density at radius 1 is 0.886 bits per heavy atom. The van der Waals surface area contributed by atoms with E-state index >= 15 is 0 Å². The third-order valence-electron chi connectivity index (χ3n) is 5.12. The quantitative estimate of drug-likeness (QED) is 0.269. The van der Waals surface area contributed by atoms with Crippen LogP contribution < -0.4 is 9.47 Å². The molecule has 1 aliphatic heterocycles. The van der Waals surface area contributed by atoms with E-state index in [0.717, 1.165) is 22.2 Å². The highest BCUT2D eigenvalue weighted by Gasteiger charge is 2.35. The Labute approximate surface area is 226 Å². The van der Waals surface area contributed by atoms with Crippen LogP contribution in [0.4, 0.5) is 4.79 Å². The third-order valence-corrected chi connectivity index (χ3v) is 7.47. The molecule has 2 amide bonds. The van der Waals surface area contributed by atoms with E-state index in [4.69, 9.17) is 55.9 Å². The van der Waals surface area contributed by atoms with Gasteiger partial charge in [-0.3, -0.25) is 14.5 Å². The molecule has 1 heterocycles. The number of carbonyl (C=O) groups excluding carboxylic acids is 2. The van der Waals surface area contributed by atoms with Crippen LogP contribution in [0.25, 0.3) is 6.08 Å². The average Bonchev–Trinajstić information content (AvgIpc) is 3.09. The van der Waals surface area contributed by atoms with E-state index in [1.807, 2.05) is 6.07 Å². The molecular formula is C25H17Cl4NO4S. The van der Waals surface area contributed by atoms with Gasteiger partial charge in [0.1, 0.15) is 6.61 Å². The SMILES string of the molecule is COc1cc(/C=C2\SC(=O)N(Cc3c(Cl)cccc3Cl)C2=O)ccc1OCc1ccc(Cl)c(Cl)c1. The van der Waals surface area contributed by atoms with Crippen molar-refractivity contribution >= 4 is 75.4 Å². The predicted octanol–water partition coefficient (Wildman–Crippen LogP) is 8.12. The van der Waals surface area contributed by atoms with Gasteiger partial charge in [0.05, 0.1) is 28.6 Å². The summed E-state index contributed by atoms with van der Waals surface area (Å²) in [5.74, 6) is 0.563. The fourth-order valence-corrected chi connectivity index (χ4v) is 4.99. The van der Waals surface area contributed by atoms with Gasteiger partial charge in [-0.25, -0.2) is 0 Å². The largest absolute Gasteiger partial charge is 0.493 e. The molecule has 1 saturated heterocycles. The predicted molar refractivity (Wildman–Crippen MR) is 142 cm³/mol. The number of imide groups is 1. The van der Waals surface area contributed by atoms with Crippen molar-refractivity contribution in [1.29, 1.82) is 0 Å². The van der Waals surface area contributed by atoms with Crippen molar-refractivity contribution in [3.8, 4) is 11.5 Å². The molecule has 0 N–H and O–H groups in total. The molecule has 0 bridgehead atoms. The minimum Gasteiger partial charge on any atom is -0.493 e. The summed E-state index contributed by atoms with van der Waals surface area (Å²) in [4.78, 5) is 26.9. The molecule has 0 aliphatic carbocycles.